The molecule has 1 rings (SSSR count). The van der Waals surface area contributed by atoms with Crippen molar-refractivity contribution in [3.05, 3.63) is 0 Å². The van der Waals surface area contributed by atoms with Gasteiger partial charge in [-0.2, -0.15) is 11.8 Å². The van der Waals surface area contributed by atoms with Crippen LogP contribution >= 0.6 is 11.8 Å². The third-order valence-electron chi connectivity index (χ3n) is 4.23. The zero-order chi connectivity index (χ0) is 14.3. The largest absolute Gasteiger partial charge is 0.481 e. The molecule has 1 aliphatic heterocycles. The van der Waals surface area contributed by atoms with Crippen molar-refractivity contribution < 1.29 is 14.7 Å². The van der Waals surface area contributed by atoms with Gasteiger partial charge in [0.1, 0.15) is 0 Å². The minimum Gasteiger partial charge on any atom is -0.481 e. The van der Waals surface area contributed by atoms with Gasteiger partial charge in [-0.25, -0.2) is 0 Å². The predicted octanol–water partition coefficient (Wildman–Crippen LogP) is 2.53. The number of carboxylic acid groups (broad SMARTS) is 1. The third kappa shape index (κ3) is 4.71. The minimum absolute atomic E-state index is 0.0941. The van der Waals surface area contributed by atoms with Crippen molar-refractivity contribution in [1.82, 2.24) is 5.32 Å². The second-order valence-electron chi connectivity index (χ2n) is 5.33. The van der Waals surface area contributed by atoms with Crippen molar-refractivity contribution in [1.29, 1.82) is 0 Å². The Labute approximate surface area is 119 Å². The SMILES string of the molecule is CCC(CC)(CC(=O)NCC1CCSCC1)C(=O)O. The van der Waals surface area contributed by atoms with Gasteiger partial charge in [-0.3, -0.25) is 9.59 Å². The number of nitrogens with one attached hydrogen (secondary N) is 1. The number of carbonyl (C=O) groups excluding carboxylic acids is 1. The van der Waals surface area contributed by atoms with Gasteiger partial charge in [-0.1, -0.05) is 13.8 Å². The summed E-state index contributed by atoms with van der Waals surface area (Å²) in [5, 5.41) is 12.2. The van der Waals surface area contributed by atoms with Gasteiger partial charge < -0.3 is 10.4 Å². The number of rotatable bonds is 7. The molecule has 0 unspecified atom stereocenters. The van der Waals surface area contributed by atoms with Crippen LogP contribution in [-0.4, -0.2) is 35.0 Å². The van der Waals surface area contributed by atoms with E-state index in [4.69, 9.17) is 0 Å². The van der Waals surface area contributed by atoms with E-state index in [1.165, 1.54) is 11.5 Å². The molecule has 0 bridgehead atoms. The fourth-order valence-corrected chi connectivity index (χ4v) is 3.66. The van der Waals surface area contributed by atoms with Crippen LogP contribution < -0.4 is 5.32 Å². The lowest BCUT2D eigenvalue weighted by Crippen LogP contribution is -2.38. The monoisotopic (exact) mass is 287 g/mol. The molecule has 4 nitrogen and oxygen atoms in total. The van der Waals surface area contributed by atoms with E-state index in [1.54, 1.807) is 0 Å². The normalized spacial score (nSPS) is 17.2. The molecule has 1 aliphatic rings. The van der Waals surface area contributed by atoms with Crippen LogP contribution in [0.5, 0.6) is 0 Å². The summed E-state index contributed by atoms with van der Waals surface area (Å²) in [6.45, 7) is 4.37. The first-order valence-corrected chi connectivity index (χ1v) is 8.27. The molecule has 0 spiro atoms. The zero-order valence-corrected chi connectivity index (χ0v) is 12.7. The first-order chi connectivity index (χ1) is 9.04. The summed E-state index contributed by atoms with van der Waals surface area (Å²) < 4.78 is 0. The van der Waals surface area contributed by atoms with Gasteiger partial charge in [-0.05, 0) is 43.1 Å². The summed E-state index contributed by atoms with van der Waals surface area (Å²) >= 11 is 1.96. The fourth-order valence-electron chi connectivity index (χ4n) is 2.46. The van der Waals surface area contributed by atoms with Crippen LogP contribution in [0.15, 0.2) is 0 Å². The van der Waals surface area contributed by atoms with E-state index in [1.807, 2.05) is 25.6 Å². The van der Waals surface area contributed by atoms with Crippen LogP contribution in [0.1, 0.15) is 46.0 Å². The molecule has 1 amide bonds. The Bertz CT molecular complexity index is 310. The zero-order valence-electron chi connectivity index (χ0n) is 11.9. The van der Waals surface area contributed by atoms with Crippen LogP contribution in [0, 0.1) is 11.3 Å². The smallest absolute Gasteiger partial charge is 0.310 e. The Hall–Kier alpha value is -0.710. The molecule has 0 radical (unpaired) electrons. The lowest BCUT2D eigenvalue weighted by molar-refractivity contribution is -0.152. The van der Waals surface area contributed by atoms with Crippen molar-refractivity contribution in [2.24, 2.45) is 11.3 Å². The highest BCUT2D eigenvalue weighted by Crippen LogP contribution is 2.31. The molecule has 0 atom stereocenters. The average Bonchev–Trinajstić information content (AvgIpc) is 2.43. The molecule has 1 fully saturated rings. The molecule has 0 aliphatic carbocycles. The highest BCUT2D eigenvalue weighted by Gasteiger charge is 2.37. The lowest BCUT2D eigenvalue weighted by atomic mass is 9.79. The van der Waals surface area contributed by atoms with Gasteiger partial charge in [0.05, 0.1) is 5.41 Å². The molecule has 5 heteroatoms. The first kappa shape index (κ1) is 16.3. The van der Waals surface area contributed by atoms with Crippen molar-refractivity contribution in [2.45, 2.75) is 46.0 Å². The topological polar surface area (TPSA) is 66.4 Å². The van der Waals surface area contributed by atoms with E-state index in [9.17, 15) is 14.7 Å². The minimum atomic E-state index is -0.896. The fraction of sp³-hybridized carbons (Fsp3) is 0.857. The maximum atomic E-state index is 11.9. The molecular weight excluding hydrogens is 262 g/mol. The van der Waals surface area contributed by atoms with Gasteiger partial charge in [0.25, 0.3) is 0 Å². The summed E-state index contributed by atoms with van der Waals surface area (Å²) in [6.07, 6.45) is 3.38. The highest BCUT2D eigenvalue weighted by atomic mass is 32.2. The average molecular weight is 287 g/mol. The molecule has 0 saturated carbocycles. The second kappa shape index (κ2) is 7.78. The molecule has 0 aromatic heterocycles. The summed E-state index contributed by atoms with van der Waals surface area (Å²) in [5.41, 5.74) is -0.896. The number of hydrogen-bond donors (Lipinski definition) is 2. The van der Waals surface area contributed by atoms with E-state index in [0.717, 1.165) is 12.8 Å². The Morgan fingerprint density at radius 2 is 1.84 bits per heavy atom. The third-order valence-corrected chi connectivity index (χ3v) is 5.28. The summed E-state index contributed by atoms with van der Waals surface area (Å²) in [5.74, 6) is 1.92. The quantitative estimate of drug-likeness (QED) is 0.755. The van der Waals surface area contributed by atoms with E-state index in [0.29, 0.717) is 25.3 Å². The van der Waals surface area contributed by atoms with Crippen LogP contribution in [0.4, 0.5) is 0 Å². The maximum absolute atomic E-state index is 11.9. The van der Waals surface area contributed by atoms with Crippen molar-refractivity contribution >= 4 is 23.6 Å². The Balaban J connectivity index is 2.42. The Kier molecular flexibility index (Phi) is 6.69. The van der Waals surface area contributed by atoms with Gasteiger partial charge in [0.2, 0.25) is 5.91 Å². The predicted molar refractivity (Wildman–Crippen MR) is 78.3 cm³/mol. The van der Waals surface area contributed by atoms with Crippen molar-refractivity contribution in [3.63, 3.8) is 0 Å². The summed E-state index contributed by atoms with van der Waals surface area (Å²) in [6, 6.07) is 0. The van der Waals surface area contributed by atoms with E-state index >= 15 is 0 Å². The molecule has 110 valence electrons. The standard InChI is InChI=1S/C14H25NO3S/c1-3-14(4-2,13(17)18)9-12(16)15-10-11-5-7-19-8-6-11/h11H,3-10H2,1-2H3,(H,15,16)(H,17,18). The lowest BCUT2D eigenvalue weighted by Gasteiger charge is -2.27. The second-order valence-corrected chi connectivity index (χ2v) is 6.55. The van der Waals surface area contributed by atoms with Gasteiger partial charge >= 0.3 is 5.97 Å². The molecule has 19 heavy (non-hydrogen) atoms. The number of thioether (sulfide) groups is 1. The van der Waals surface area contributed by atoms with Gasteiger partial charge in [0.15, 0.2) is 0 Å². The molecular formula is C14H25NO3S. The van der Waals surface area contributed by atoms with Crippen LogP contribution in [0.2, 0.25) is 0 Å². The number of carboxylic acids is 1. The maximum Gasteiger partial charge on any atom is 0.310 e. The Morgan fingerprint density at radius 1 is 1.26 bits per heavy atom. The van der Waals surface area contributed by atoms with Crippen LogP contribution in [-0.2, 0) is 9.59 Å². The molecule has 1 heterocycles. The number of hydrogen-bond acceptors (Lipinski definition) is 3. The molecule has 0 aromatic rings. The number of amides is 1. The van der Waals surface area contributed by atoms with E-state index in [-0.39, 0.29) is 12.3 Å². The number of carbonyl (C=O) groups is 2. The van der Waals surface area contributed by atoms with Crippen molar-refractivity contribution in [2.75, 3.05) is 18.1 Å². The molecule has 1 saturated heterocycles. The van der Waals surface area contributed by atoms with E-state index in [2.05, 4.69) is 5.32 Å². The van der Waals surface area contributed by atoms with Gasteiger partial charge in [-0.15, -0.1) is 0 Å². The van der Waals surface area contributed by atoms with Crippen LogP contribution in [0.3, 0.4) is 0 Å². The molecule has 0 aromatic carbocycles. The summed E-state index contributed by atoms with van der Waals surface area (Å²) in [4.78, 5) is 23.3. The van der Waals surface area contributed by atoms with Crippen molar-refractivity contribution in [3.8, 4) is 0 Å². The molecule has 2 N–H and O–H groups in total. The number of aliphatic carboxylic acids is 1. The first-order valence-electron chi connectivity index (χ1n) is 7.12. The van der Waals surface area contributed by atoms with E-state index < -0.39 is 11.4 Å². The van der Waals surface area contributed by atoms with Crippen LogP contribution in [0.25, 0.3) is 0 Å². The van der Waals surface area contributed by atoms with Gasteiger partial charge in [0, 0.05) is 13.0 Å². The highest BCUT2D eigenvalue weighted by molar-refractivity contribution is 7.99. The Morgan fingerprint density at radius 3 is 2.32 bits per heavy atom. The summed E-state index contributed by atoms with van der Waals surface area (Å²) in [7, 11) is 0.